The van der Waals surface area contributed by atoms with Gasteiger partial charge in [0, 0.05) is 5.78 Å². The maximum Gasteiger partial charge on any atom is 0.0184 e. The second kappa shape index (κ2) is 5.53. The lowest BCUT2D eigenvalue weighted by atomic mass is 10.2. The van der Waals surface area contributed by atoms with Crippen LogP contribution in [0.4, 0.5) is 0 Å². The third kappa shape index (κ3) is 6.39. The van der Waals surface area contributed by atoms with Gasteiger partial charge in [0.15, 0.2) is 0 Å². The molecule has 0 bridgehead atoms. The molecule has 0 aromatic rings. The van der Waals surface area contributed by atoms with Crippen LogP contribution in [0.15, 0.2) is 0 Å². The lowest BCUT2D eigenvalue weighted by Crippen LogP contribution is -2.09. The number of nitrogens with two attached hydrogens (primary N) is 1. The van der Waals surface area contributed by atoms with Gasteiger partial charge >= 0.3 is 0 Å². The van der Waals surface area contributed by atoms with Crippen molar-refractivity contribution in [2.24, 2.45) is 5.73 Å². The van der Waals surface area contributed by atoms with E-state index in [-0.39, 0.29) is 0 Å². The zero-order chi connectivity index (χ0) is 6.41. The van der Waals surface area contributed by atoms with Crippen LogP contribution < -0.4 is 5.73 Å². The molecule has 0 heterocycles. The molecule has 0 saturated carbocycles. The standard InChI is InChI=1S/C6H16NP/c1-2-3-4-5-6(7)8/h6H,2-5,7-8H2,1H3. The van der Waals surface area contributed by atoms with E-state index in [9.17, 15) is 0 Å². The van der Waals surface area contributed by atoms with Crippen molar-refractivity contribution in [2.45, 2.75) is 38.4 Å². The first kappa shape index (κ1) is 8.39. The van der Waals surface area contributed by atoms with Gasteiger partial charge in [0.2, 0.25) is 0 Å². The molecule has 0 radical (unpaired) electrons. The van der Waals surface area contributed by atoms with Crippen LogP contribution in [-0.2, 0) is 0 Å². The molecular formula is C6H16NP. The van der Waals surface area contributed by atoms with Crippen molar-refractivity contribution >= 4 is 9.24 Å². The Labute approximate surface area is 54.2 Å². The molecule has 0 amide bonds. The summed E-state index contributed by atoms with van der Waals surface area (Å²) >= 11 is 0. The summed E-state index contributed by atoms with van der Waals surface area (Å²) < 4.78 is 0. The Morgan fingerprint density at radius 3 is 2.50 bits per heavy atom. The van der Waals surface area contributed by atoms with Gasteiger partial charge in [-0.05, 0) is 6.42 Å². The summed E-state index contributed by atoms with van der Waals surface area (Å²) in [6.07, 6.45) is 5.04. The molecule has 0 aromatic heterocycles. The Morgan fingerprint density at radius 2 is 2.12 bits per heavy atom. The van der Waals surface area contributed by atoms with Crippen molar-refractivity contribution < 1.29 is 0 Å². The second-order valence-electron chi connectivity index (χ2n) is 2.16. The van der Waals surface area contributed by atoms with Gasteiger partial charge in [-0.25, -0.2) is 0 Å². The summed E-state index contributed by atoms with van der Waals surface area (Å²) in [6, 6.07) is 0. The van der Waals surface area contributed by atoms with E-state index >= 15 is 0 Å². The summed E-state index contributed by atoms with van der Waals surface area (Å²) in [5, 5.41) is 0. The highest BCUT2D eigenvalue weighted by Crippen LogP contribution is 2.04. The average molecular weight is 133 g/mol. The van der Waals surface area contributed by atoms with Gasteiger partial charge in [-0.2, -0.15) is 0 Å². The quantitative estimate of drug-likeness (QED) is 0.458. The first-order chi connectivity index (χ1) is 3.77. The highest BCUT2D eigenvalue weighted by molar-refractivity contribution is 7.17. The van der Waals surface area contributed by atoms with E-state index in [0.717, 1.165) is 6.42 Å². The smallest absolute Gasteiger partial charge is 0.0184 e. The molecular weight excluding hydrogens is 117 g/mol. The lowest BCUT2D eigenvalue weighted by molar-refractivity contribution is 0.655. The number of unbranched alkanes of at least 4 members (excludes halogenated alkanes) is 2. The van der Waals surface area contributed by atoms with E-state index in [4.69, 9.17) is 5.73 Å². The van der Waals surface area contributed by atoms with Crippen molar-refractivity contribution in [1.29, 1.82) is 0 Å². The zero-order valence-electron chi connectivity index (χ0n) is 5.56. The monoisotopic (exact) mass is 133 g/mol. The molecule has 8 heavy (non-hydrogen) atoms. The minimum Gasteiger partial charge on any atom is -0.324 e. The Morgan fingerprint density at radius 1 is 1.50 bits per heavy atom. The van der Waals surface area contributed by atoms with E-state index in [1.54, 1.807) is 0 Å². The topological polar surface area (TPSA) is 26.0 Å². The molecule has 0 spiro atoms. The molecule has 2 unspecified atom stereocenters. The van der Waals surface area contributed by atoms with Crippen LogP contribution >= 0.6 is 9.24 Å². The predicted molar refractivity (Wildman–Crippen MR) is 41.8 cm³/mol. The molecule has 1 nitrogen and oxygen atoms in total. The van der Waals surface area contributed by atoms with E-state index in [2.05, 4.69) is 16.2 Å². The van der Waals surface area contributed by atoms with Gasteiger partial charge in [-0.3, -0.25) is 0 Å². The van der Waals surface area contributed by atoms with Crippen molar-refractivity contribution in [1.82, 2.24) is 0 Å². The Balaban J connectivity index is 2.72. The Hall–Kier alpha value is 0.390. The van der Waals surface area contributed by atoms with Crippen molar-refractivity contribution in [3.8, 4) is 0 Å². The lowest BCUT2D eigenvalue weighted by Gasteiger charge is -2.01. The minimum absolute atomic E-state index is 0.321. The van der Waals surface area contributed by atoms with E-state index in [1.165, 1.54) is 19.3 Å². The summed E-state index contributed by atoms with van der Waals surface area (Å²) in [4.78, 5) is 0. The van der Waals surface area contributed by atoms with Gasteiger partial charge in [-0.15, -0.1) is 9.24 Å². The van der Waals surface area contributed by atoms with Gasteiger partial charge in [-0.1, -0.05) is 26.2 Å². The molecule has 0 fully saturated rings. The van der Waals surface area contributed by atoms with E-state index < -0.39 is 0 Å². The summed E-state index contributed by atoms with van der Waals surface area (Å²) in [5.74, 6) is 0.321. The fourth-order valence-corrected chi connectivity index (χ4v) is 0.866. The molecule has 0 rings (SSSR count). The van der Waals surface area contributed by atoms with Crippen LogP contribution in [0.3, 0.4) is 0 Å². The van der Waals surface area contributed by atoms with Gasteiger partial charge < -0.3 is 5.73 Å². The second-order valence-corrected chi connectivity index (χ2v) is 3.02. The SMILES string of the molecule is CCCCCC(N)P. The molecule has 2 N–H and O–H groups in total. The van der Waals surface area contributed by atoms with Crippen LogP contribution in [0.5, 0.6) is 0 Å². The molecule has 0 aliphatic carbocycles. The van der Waals surface area contributed by atoms with Gasteiger partial charge in [0.25, 0.3) is 0 Å². The molecule has 2 heteroatoms. The van der Waals surface area contributed by atoms with Crippen molar-refractivity contribution in [3.63, 3.8) is 0 Å². The average Bonchev–Trinajstić information content (AvgIpc) is 1.66. The first-order valence-corrected chi connectivity index (χ1v) is 3.95. The number of hydrogen-bond donors (Lipinski definition) is 1. The van der Waals surface area contributed by atoms with Crippen LogP contribution in [0.2, 0.25) is 0 Å². The van der Waals surface area contributed by atoms with Crippen LogP contribution in [0.1, 0.15) is 32.6 Å². The van der Waals surface area contributed by atoms with E-state index in [0.29, 0.717) is 5.78 Å². The minimum atomic E-state index is 0.321. The summed E-state index contributed by atoms with van der Waals surface area (Å²) in [7, 11) is 2.61. The normalized spacial score (nSPS) is 13.9. The largest absolute Gasteiger partial charge is 0.324 e. The third-order valence-corrected chi connectivity index (χ3v) is 1.47. The molecule has 0 aliphatic heterocycles. The maximum atomic E-state index is 5.50. The number of hydrogen-bond acceptors (Lipinski definition) is 1. The van der Waals surface area contributed by atoms with Crippen LogP contribution in [0.25, 0.3) is 0 Å². The molecule has 2 atom stereocenters. The highest BCUT2D eigenvalue weighted by atomic mass is 31.0. The molecule has 0 aromatic carbocycles. The molecule has 0 aliphatic rings. The molecule has 50 valence electrons. The van der Waals surface area contributed by atoms with Gasteiger partial charge in [0.05, 0.1) is 0 Å². The molecule has 0 saturated heterocycles. The predicted octanol–water partition coefficient (Wildman–Crippen LogP) is 1.73. The fraction of sp³-hybridized carbons (Fsp3) is 1.00. The van der Waals surface area contributed by atoms with Crippen LogP contribution in [-0.4, -0.2) is 5.78 Å². The fourth-order valence-electron chi connectivity index (χ4n) is 0.630. The van der Waals surface area contributed by atoms with E-state index in [1.807, 2.05) is 0 Å². The Bertz CT molecular complexity index is 45.8. The van der Waals surface area contributed by atoms with Crippen LogP contribution in [0, 0.1) is 0 Å². The Kier molecular flexibility index (Phi) is 5.79. The van der Waals surface area contributed by atoms with Crippen molar-refractivity contribution in [3.05, 3.63) is 0 Å². The number of rotatable bonds is 4. The zero-order valence-corrected chi connectivity index (χ0v) is 6.72. The van der Waals surface area contributed by atoms with Crippen molar-refractivity contribution in [2.75, 3.05) is 0 Å². The third-order valence-electron chi connectivity index (χ3n) is 1.14. The summed E-state index contributed by atoms with van der Waals surface area (Å²) in [5.41, 5.74) is 5.50. The van der Waals surface area contributed by atoms with Gasteiger partial charge in [0.1, 0.15) is 0 Å². The maximum absolute atomic E-state index is 5.50. The summed E-state index contributed by atoms with van der Waals surface area (Å²) in [6.45, 7) is 2.20. The highest BCUT2D eigenvalue weighted by Gasteiger charge is 1.90. The first-order valence-electron chi connectivity index (χ1n) is 3.28.